The molecule has 2 saturated heterocycles. The fourth-order valence-electron chi connectivity index (χ4n) is 7.45. The predicted octanol–water partition coefficient (Wildman–Crippen LogP) is 5.92. The first-order valence-electron chi connectivity index (χ1n) is 14.9. The van der Waals surface area contributed by atoms with E-state index in [-0.39, 0.29) is 23.1 Å². The molecule has 2 N–H and O–H groups in total. The minimum atomic E-state index is -4.05. The summed E-state index contributed by atoms with van der Waals surface area (Å²) in [5.74, 6) is -0.904. The largest absolute Gasteiger partial charge is 0.351 e. The van der Waals surface area contributed by atoms with E-state index in [1.807, 2.05) is 30.3 Å². The Kier molecular flexibility index (Phi) is 8.41. The van der Waals surface area contributed by atoms with Gasteiger partial charge >= 0.3 is 6.03 Å². The van der Waals surface area contributed by atoms with Crippen LogP contribution in [-0.4, -0.2) is 55.8 Å². The molecule has 0 bridgehead atoms. The zero-order chi connectivity index (χ0) is 31.2. The van der Waals surface area contributed by atoms with Gasteiger partial charge in [0.25, 0.3) is 0 Å². The third kappa shape index (κ3) is 5.26. The number of hydrogen-bond donors (Lipinski definition) is 1. The highest BCUT2D eigenvalue weighted by molar-refractivity contribution is 7.92. The van der Waals surface area contributed by atoms with Gasteiger partial charge in [-0.1, -0.05) is 47.5 Å². The van der Waals surface area contributed by atoms with E-state index in [0.717, 1.165) is 28.8 Å². The molecule has 0 unspecified atom stereocenters. The Hall–Kier alpha value is -3.14. The first-order valence-corrected chi connectivity index (χ1v) is 17.2. The van der Waals surface area contributed by atoms with E-state index < -0.39 is 32.5 Å². The number of hydrogen-bond acceptors (Lipinski definition) is 4. The third-order valence-corrected chi connectivity index (χ3v) is 13.0. The SMILES string of the molecule is NC(=O)N1CCC(C(=O)N2CC[C@@]3(S(=O)(=O)c4ccc(F)cc4)c4ccc(CCc5c(Cl)cccc5Cl)cc4CC[C@@H]23)CC1. The van der Waals surface area contributed by atoms with Crippen molar-refractivity contribution in [3.63, 3.8) is 0 Å². The lowest BCUT2D eigenvalue weighted by molar-refractivity contribution is -0.138. The highest BCUT2D eigenvalue weighted by Gasteiger charge is 2.61. The van der Waals surface area contributed by atoms with E-state index in [1.54, 1.807) is 4.90 Å². The molecule has 0 saturated carbocycles. The van der Waals surface area contributed by atoms with Gasteiger partial charge in [0.2, 0.25) is 5.91 Å². The number of carbonyl (C=O) groups is 2. The first kappa shape index (κ1) is 30.9. The van der Waals surface area contributed by atoms with Crippen LogP contribution in [0.1, 0.15) is 47.9 Å². The summed E-state index contributed by atoms with van der Waals surface area (Å²) in [6, 6.07) is 15.3. The van der Waals surface area contributed by atoms with E-state index in [4.69, 9.17) is 28.9 Å². The van der Waals surface area contributed by atoms with Gasteiger partial charge in [-0.3, -0.25) is 4.79 Å². The summed E-state index contributed by atoms with van der Waals surface area (Å²) in [7, 11) is -4.05. The number of benzene rings is 3. The fraction of sp³-hybridized carbons (Fsp3) is 0.394. The monoisotopic (exact) mass is 657 g/mol. The van der Waals surface area contributed by atoms with Gasteiger partial charge in [0, 0.05) is 35.6 Å². The quantitative estimate of drug-likeness (QED) is 0.332. The number of carbonyl (C=O) groups excluding carboxylic acids is 2. The lowest BCUT2D eigenvalue weighted by Crippen LogP contribution is -2.54. The fourth-order valence-corrected chi connectivity index (χ4v) is 10.4. The maximum Gasteiger partial charge on any atom is 0.314 e. The first-order chi connectivity index (χ1) is 21.0. The lowest BCUT2D eigenvalue weighted by Gasteiger charge is -2.43. The van der Waals surface area contributed by atoms with Crippen LogP contribution in [-0.2, 0) is 38.6 Å². The van der Waals surface area contributed by atoms with Gasteiger partial charge in [-0.25, -0.2) is 17.6 Å². The van der Waals surface area contributed by atoms with Crippen molar-refractivity contribution in [3.05, 3.63) is 98.8 Å². The molecule has 3 aromatic rings. The van der Waals surface area contributed by atoms with Gasteiger partial charge in [-0.2, -0.15) is 0 Å². The Labute approximate surface area is 267 Å². The summed E-state index contributed by atoms with van der Waals surface area (Å²) in [4.78, 5) is 28.9. The van der Waals surface area contributed by atoms with Crippen LogP contribution in [0.15, 0.2) is 65.6 Å². The van der Waals surface area contributed by atoms with Crippen molar-refractivity contribution in [2.75, 3.05) is 19.6 Å². The average Bonchev–Trinajstić information content (AvgIpc) is 3.42. The summed E-state index contributed by atoms with van der Waals surface area (Å²) in [6.07, 6.45) is 3.62. The van der Waals surface area contributed by atoms with Crippen LogP contribution in [0.3, 0.4) is 0 Å². The van der Waals surface area contributed by atoms with Crippen LogP contribution in [0.25, 0.3) is 0 Å². The molecule has 0 spiro atoms. The minimum absolute atomic E-state index is 0.0400. The number of fused-ring (bicyclic) bond motifs is 3. The van der Waals surface area contributed by atoms with Crippen LogP contribution in [0.2, 0.25) is 10.0 Å². The molecular weight excluding hydrogens is 624 g/mol. The van der Waals surface area contributed by atoms with Crippen molar-refractivity contribution < 1.29 is 22.4 Å². The highest BCUT2D eigenvalue weighted by Crippen LogP contribution is 2.53. The number of primary amides is 1. The Morgan fingerprint density at radius 1 is 0.932 bits per heavy atom. The van der Waals surface area contributed by atoms with Crippen LogP contribution < -0.4 is 5.73 Å². The summed E-state index contributed by atoms with van der Waals surface area (Å²) in [5.41, 5.74) is 9.00. The van der Waals surface area contributed by atoms with Crippen LogP contribution in [0.4, 0.5) is 9.18 Å². The number of rotatable bonds is 6. The maximum atomic E-state index is 14.6. The Bertz CT molecular complexity index is 1690. The van der Waals surface area contributed by atoms with Crippen molar-refractivity contribution in [2.24, 2.45) is 11.7 Å². The van der Waals surface area contributed by atoms with Gasteiger partial charge in [0.05, 0.1) is 10.9 Å². The summed E-state index contributed by atoms with van der Waals surface area (Å²) in [5, 5.41) is 1.22. The molecule has 3 aliphatic rings. The molecule has 3 aromatic carbocycles. The number of piperidine rings is 1. The normalized spacial score (nSPS) is 22.0. The second kappa shape index (κ2) is 12.0. The van der Waals surface area contributed by atoms with Crippen molar-refractivity contribution in [1.29, 1.82) is 0 Å². The van der Waals surface area contributed by atoms with Gasteiger partial charge in [-0.05, 0) is 104 Å². The zero-order valence-electron chi connectivity index (χ0n) is 24.1. The lowest BCUT2D eigenvalue weighted by atomic mass is 9.77. The molecule has 44 heavy (non-hydrogen) atoms. The number of sulfone groups is 1. The Morgan fingerprint density at radius 2 is 1.61 bits per heavy atom. The van der Waals surface area contributed by atoms with Gasteiger partial charge in [0.15, 0.2) is 9.84 Å². The molecule has 2 aliphatic heterocycles. The number of amides is 3. The summed E-state index contributed by atoms with van der Waals surface area (Å²) >= 11 is 12.8. The number of nitrogens with zero attached hydrogens (tertiary/aromatic N) is 2. The number of aryl methyl sites for hydroxylation is 2. The van der Waals surface area contributed by atoms with Crippen LogP contribution in [0, 0.1) is 11.7 Å². The number of likely N-dealkylation sites (tertiary alicyclic amines) is 2. The van der Waals surface area contributed by atoms with Crippen molar-refractivity contribution in [1.82, 2.24) is 9.80 Å². The van der Waals surface area contributed by atoms with E-state index >= 15 is 0 Å². The standard InChI is InChI=1S/C33H34Cl2FN3O4S/c34-28-2-1-3-29(35)26(28)11-4-21-5-12-27-23(20-21)6-13-30-33(27,44(42,43)25-9-7-24(36)8-10-25)16-19-39(30)31(40)22-14-17-38(18-15-22)32(37)41/h1-3,5,7-10,12,20,22,30H,4,6,11,13-19H2,(H2,37,41)/t30-,33-/m1/s1. The number of nitrogens with two attached hydrogens (primary N) is 1. The number of halogens is 3. The predicted molar refractivity (Wildman–Crippen MR) is 168 cm³/mol. The second-order valence-corrected chi connectivity index (χ2v) is 15.0. The van der Waals surface area contributed by atoms with Gasteiger partial charge in [0.1, 0.15) is 10.6 Å². The molecule has 6 rings (SSSR count). The van der Waals surface area contributed by atoms with Crippen LogP contribution in [0.5, 0.6) is 0 Å². The molecule has 2 fully saturated rings. The third-order valence-electron chi connectivity index (χ3n) is 9.72. The molecule has 3 amide bonds. The van der Waals surface area contributed by atoms with E-state index in [9.17, 15) is 22.4 Å². The molecule has 2 atom stereocenters. The molecule has 1 aliphatic carbocycles. The van der Waals surface area contributed by atoms with E-state index in [0.29, 0.717) is 73.8 Å². The molecule has 2 heterocycles. The van der Waals surface area contributed by atoms with E-state index in [1.165, 1.54) is 17.0 Å². The zero-order valence-corrected chi connectivity index (χ0v) is 26.5. The molecule has 0 radical (unpaired) electrons. The Morgan fingerprint density at radius 3 is 2.27 bits per heavy atom. The smallest absolute Gasteiger partial charge is 0.314 e. The second-order valence-electron chi connectivity index (χ2n) is 12.0. The molecule has 7 nitrogen and oxygen atoms in total. The summed E-state index contributed by atoms with van der Waals surface area (Å²) in [6.45, 7) is 1.09. The molecular formula is C33H34Cl2FN3O4S. The van der Waals surface area contributed by atoms with Crippen molar-refractivity contribution >= 4 is 45.0 Å². The number of urea groups is 1. The van der Waals surface area contributed by atoms with Crippen LogP contribution >= 0.6 is 23.2 Å². The maximum absolute atomic E-state index is 14.6. The topological polar surface area (TPSA) is 101 Å². The van der Waals surface area contributed by atoms with Crippen molar-refractivity contribution in [3.8, 4) is 0 Å². The molecule has 232 valence electrons. The molecule has 11 heteroatoms. The van der Waals surface area contributed by atoms with E-state index in [2.05, 4.69) is 6.07 Å². The summed E-state index contributed by atoms with van der Waals surface area (Å²) < 4.78 is 41.8. The van der Waals surface area contributed by atoms with Gasteiger partial charge < -0.3 is 15.5 Å². The Balaban J connectivity index is 1.35. The van der Waals surface area contributed by atoms with Crippen molar-refractivity contribution in [2.45, 2.75) is 60.6 Å². The minimum Gasteiger partial charge on any atom is -0.351 e. The average molecular weight is 659 g/mol. The molecule has 0 aromatic heterocycles. The van der Waals surface area contributed by atoms with Gasteiger partial charge in [-0.15, -0.1) is 0 Å². The highest BCUT2D eigenvalue weighted by atomic mass is 35.5.